The van der Waals surface area contributed by atoms with Crippen LogP contribution in [0.4, 0.5) is 0 Å². The van der Waals surface area contributed by atoms with Crippen LogP contribution in [0.1, 0.15) is 27.7 Å². The zero-order chi connectivity index (χ0) is 12.2. The molecule has 0 aliphatic rings. The molecule has 1 atom stereocenters. The normalized spacial score (nSPS) is 14.4. The van der Waals surface area contributed by atoms with Crippen LogP contribution < -0.4 is 0 Å². The van der Waals surface area contributed by atoms with E-state index in [0.29, 0.717) is 0 Å². The van der Waals surface area contributed by atoms with Crippen molar-refractivity contribution in [2.75, 3.05) is 6.16 Å². The van der Waals surface area contributed by atoms with Crippen LogP contribution in [-0.4, -0.2) is 28.0 Å². The number of esters is 1. The fourth-order valence-corrected chi connectivity index (χ4v) is 2.22. The molecule has 2 N–H and O–H groups in total. The predicted molar refractivity (Wildman–Crippen MR) is 56.5 cm³/mol. The smallest absolute Gasteiger partial charge is 0.326 e. The molecule has 0 aliphatic carbocycles. The van der Waals surface area contributed by atoms with Crippen LogP contribution in [-0.2, 0) is 14.1 Å². The SMILES string of the molecule is CC(C)OC(=O)C(CP(=O)(O)O)C(C)C. The van der Waals surface area contributed by atoms with Gasteiger partial charge in [-0.25, -0.2) is 0 Å². The summed E-state index contributed by atoms with van der Waals surface area (Å²) in [5, 5.41) is 0. The van der Waals surface area contributed by atoms with E-state index in [4.69, 9.17) is 14.5 Å². The fraction of sp³-hybridized carbons (Fsp3) is 0.889. The second-order valence-electron chi connectivity index (χ2n) is 4.18. The van der Waals surface area contributed by atoms with Crippen LogP contribution >= 0.6 is 7.60 Å². The van der Waals surface area contributed by atoms with Crippen molar-refractivity contribution in [3.05, 3.63) is 0 Å². The minimum absolute atomic E-state index is 0.149. The molecular weight excluding hydrogens is 219 g/mol. The van der Waals surface area contributed by atoms with Crippen LogP contribution in [0.2, 0.25) is 0 Å². The van der Waals surface area contributed by atoms with Gasteiger partial charge < -0.3 is 14.5 Å². The van der Waals surface area contributed by atoms with E-state index in [1.54, 1.807) is 27.7 Å². The fourth-order valence-electron chi connectivity index (χ4n) is 1.13. The number of ether oxygens (including phenoxy) is 1. The second-order valence-corrected chi connectivity index (χ2v) is 5.88. The molecule has 0 bridgehead atoms. The number of carbonyl (C=O) groups excluding carboxylic acids is 1. The van der Waals surface area contributed by atoms with Crippen LogP contribution in [0.25, 0.3) is 0 Å². The van der Waals surface area contributed by atoms with Gasteiger partial charge in [0, 0.05) is 0 Å². The van der Waals surface area contributed by atoms with Crippen molar-refractivity contribution in [3.8, 4) is 0 Å². The third-order valence-corrected chi connectivity index (χ3v) is 2.76. The molecule has 0 rings (SSSR count). The Morgan fingerprint density at radius 1 is 1.27 bits per heavy atom. The van der Waals surface area contributed by atoms with Gasteiger partial charge in [-0.15, -0.1) is 0 Å². The van der Waals surface area contributed by atoms with Crippen molar-refractivity contribution in [1.82, 2.24) is 0 Å². The first kappa shape index (κ1) is 14.6. The highest BCUT2D eigenvalue weighted by atomic mass is 31.2. The molecule has 0 spiro atoms. The van der Waals surface area contributed by atoms with Gasteiger partial charge in [0.05, 0.1) is 18.2 Å². The summed E-state index contributed by atoms with van der Waals surface area (Å²) in [4.78, 5) is 29.2. The maximum Gasteiger partial charge on any atom is 0.326 e. The van der Waals surface area contributed by atoms with E-state index in [2.05, 4.69) is 0 Å². The molecule has 0 aromatic rings. The van der Waals surface area contributed by atoms with Crippen molar-refractivity contribution in [3.63, 3.8) is 0 Å². The molecule has 0 saturated carbocycles. The van der Waals surface area contributed by atoms with E-state index >= 15 is 0 Å². The van der Waals surface area contributed by atoms with Gasteiger partial charge in [0.15, 0.2) is 0 Å². The molecule has 90 valence electrons. The predicted octanol–water partition coefficient (Wildman–Crippen LogP) is 1.39. The molecule has 0 heterocycles. The lowest BCUT2D eigenvalue weighted by atomic mass is 9.98. The molecule has 0 radical (unpaired) electrons. The number of hydrogen-bond acceptors (Lipinski definition) is 3. The van der Waals surface area contributed by atoms with E-state index in [9.17, 15) is 9.36 Å². The first-order valence-electron chi connectivity index (χ1n) is 4.88. The van der Waals surface area contributed by atoms with Crippen LogP contribution in [0, 0.1) is 11.8 Å². The average Bonchev–Trinajstić information content (AvgIpc) is 1.96. The third-order valence-electron chi connectivity index (χ3n) is 1.89. The van der Waals surface area contributed by atoms with Crippen molar-refractivity contribution in [1.29, 1.82) is 0 Å². The molecule has 0 fully saturated rings. The summed E-state index contributed by atoms with van der Waals surface area (Å²) in [7, 11) is -4.17. The minimum Gasteiger partial charge on any atom is -0.463 e. The Morgan fingerprint density at radius 2 is 1.73 bits per heavy atom. The summed E-state index contributed by atoms with van der Waals surface area (Å²) in [6.07, 6.45) is -0.716. The highest BCUT2D eigenvalue weighted by molar-refractivity contribution is 7.51. The lowest BCUT2D eigenvalue weighted by Crippen LogP contribution is -2.28. The molecule has 1 unspecified atom stereocenters. The quantitative estimate of drug-likeness (QED) is 0.558. The second kappa shape index (κ2) is 5.64. The molecule has 0 amide bonds. The van der Waals surface area contributed by atoms with Crippen molar-refractivity contribution in [2.24, 2.45) is 11.8 Å². The van der Waals surface area contributed by atoms with Gasteiger partial charge in [0.25, 0.3) is 0 Å². The van der Waals surface area contributed by atoms with Gasteiger partial charge in [-0.1, -0.05) is 13.8 Å². The first-order valence-corrected chi connectivity index (χ1v) is 6.68. The lowest BCUT2D eigenvalue weighted by Gasteiger charge is -2.21. The molecule has 0 aromatic carbocycles. The monoisotopic (exact) mass is 238 g/mol. The largest absolute Gasteiger partial charge is 0.463 e. The Labute approximate surface area is 90.0 Å². The minimum atomic E-state index is -4.17. The highest BCUT2D eigenvalue weighted by Gasteiger charge is 2.31. The van der Waals surface area contributed by atoms with Gasteiger partial charge in [-0.05, 0) is 19.8 Å². The van der Waals surface area contributed by atoms with Crippen molar-refractivity contribution >= 4 is 13.6 Å². The molecule has 0 saturated heterocycles. The number of hydrogen-bond donors (Lipinski definition) is 2. The first-order chi connectivity index (χ1) is 6.63. The van der Waals surface area contributed by atoms with E-state index in [1.807, 2.05) is 0 Å². The van der Waals surface area contributed by atoms with Crippen LogP contribution in [0.5, 0.6) is 0 Å². The zero-order valence-corrected chi connectivity index (χ0v) is 10.4. The third kappa shape index (κ3) is 6.66. The summed E-state index contributed by atoms with van der Waals surface area (Å²) in [5.74, 6) is -1.43. The molecule has 15 heavy (non-hydrogen) atoms. The Kier molecular flexibility index (Phi) is 5.49. The summed E-state index contributed by atoms with van der Waals surface area (Å²) in [6, 6.07) is 0. The summed E-state index contributed by atoms with van der Waals surface area (Å²) >= 11 is 0. The van der Waals surface area contributed by atoms with E-state index < -0.39 is 25.6 Å². The molecule has 6 heteroatoms. The van der Waals surface area contributed by atoms with Crippen molar-refractivity contribution < 1.29 is 23.9 Å². The molecule has 0 aliphatic heterocycles. The van der Waals surface area contributed by atoms with Gasteiger partial charge in [-0.2, -0.15) is 0 Å². The molecule has 0 aromatic heterocycles. The Balaban J connectivity index is 4.53. The van der Waals surface area contributed by atoms with E-state index in [-0.39, 0.29) is 12.0 Å². The van der Waals surface area contributed by atoms with Crippen molar-refractivity contribution in [2.45, 2.75) is 33.8 Å². The summed E-state index contributed by atoms with van der Waals surface area (Å²) < 4.78 is 15.8. The molecular formula is C9H19O5P. The maximum absolute atomic E-state index is 11.5. The number of rotatable bonds is 5. The average molecular weight is 238 g/mol. The van der Waals surface area contributed by atoms with E-state index in [1.165, 1.54) is 0 Å². The van der Waals surface area contributed by atoms with Gasteiger partial charge in [-0.3, -0.25) is 9.36 Å². The lowest BCUT2D eigenvalue weighted by molar-refractivity contribution is -0.153. The standard InChI is InChI=1S/C9H19O5P/c1-6(2)8(5-15(11,12)13)9(10)14-7(3)4/h6-8H,5H2,1-4H3,(H2,11,12,13). The summed E-state index contributed by atoms with van der Waals surface area (Å²) in [6.45, 7) is 6.88. The maximum atomic E-state index is 11.5. The van der Waals surface area contributed by atoms with Gasteiger partial charge >= 0.3 is 13.6 Å². The van der Waals surface area contributed by atoms with Gasteiger partial charge in [0.2, 0.25) is 0 Å². The van der Waals surface area contributed by atoms with Gasteiger partial charge in [0.1, 0.15) is 0 Å². The summed E-state index contributed by atoms with van der Waals surface area (Å²) in [5.41, 5.74) is 0. The topological polar surface area (TPSA) is 83.8 Å². The van der Waals surface area contributed by atoms with E-state index in [0.717, 1.165) is 0 Å². The Morgan fingerprint density at radius 3 is 2.00 bits per heavy atom. The number of carbonyl (C=O) groups is 1. The zero-order valence-electron chi connectivity index (χ0n) is 9.51. The van der Waals surface area contributed by atoms with Crippen LogP contribution in [0.3, 0.4) is 0 Å². The highest BCUT2D eigenvalue weighted by Crippen LogP contribution is 2.39. The molecule has 5 nitrogen and oxygen atoms in total. The Bertz CT molecular complexity index is 255. The van der Waals surface area contributed by atoms with Crippen LogP contribution in [0.15, 0.2) is 0 Å². The Hall–Kier alpha value is -0.380.